The molecule has 1 fully saturated rings. The van der Waals surface area contributed by atoms with Crippen molar-refractivity contribution in [3.63, 3.8) is 0 Å². The van der Waals surface area contributed by atoms with Gasteiger partial charge in [-0.1, -0.05) is 11.2 Å². The minimum Gasteiger partial charge on any atom is -0.497 e. The Morgan fingerprint density at radius 1 is 1.22 bits per heavy atom. The molecular weight excluding hydrogens is 408 g/mol. The van der Waals surface area contributed by atoms with Gasteiger partial charge < -0.3 is 15.4 Å². The predicted octanol–water partition coefficient (Wildman–Crippen LogP) is 3.65. The average Bonchev–Trinajstić information content (AvgIpc) is 3.17. The first-order chi connectivity index (χ1) is 15.5. The summed E-state index contributed by atoms with van der Waals surface area (Å²) in [6.07, 6.45) is 2.05. The number of likely N-dealkylation sites (tertiary alicyclic amines) is 1. The fourth-order valence-electron chi connectivity index (χ4n) is 4.00. The lowest BCUT2D eigenvalue weighted by Crippen LogP contribution is -2.40. The molecule has 3 heterocycles. The van der Waals surface area contributed by atoms with E-state index in [4.69, 9.17) is 9.72 Å². The fraction of sp³-hybridized carbons (Fsp3) is 0.391. The van der Waals surface area contributed by atoms with Gasteiger partial charge in [0.1, 0.15) is 11.4 Å². The molecule has 0 saturated carbocycles. The Bertz CT molecular complexity index is 1080. The minimum absolute atomic E-state index is 0.123. The summed E-state index contributed by atoms with van der Waals surface area (Å²) in [6, 6.07) is 12.0. The van der Waals surface area contributed by atoms with Crippen molar-refractivity contribution in [3.8, 4) is 5.75 Å². The van der Waals surface area contributed by atoms with Gasteiger partial charge >= 0.3 is 0 Å². The number of ether oxygens (including phenoxy) is 1. The molecule has 32 heavy (non-hydrogen) atoms. The molecule has 0 radical (unpaired) electrons. The number of hydrogen-bond acceptors (Lipinski definition) is 8. The second kappa shape index (κ2) is 9.78. The number of rotatable bonds is 7. The van der Waals surface area contributed by atoms with Gasteiger partial charge in [-0.05, 0) is 62.7 Å². The molecule has 1 saturated heterocycles. The summed E-state index contributed by atoms with van der Waals surface area (Å²) in [5, 5.41) is 13.6. The number of pyridine rings is 1. The molecule has 168 valence electrons. The second-order valence-electron chi connectivity index (χ2n) is 8.10. The van der Waals surface area contributed by atoms with Gasteiger partial charge in [0, 0.05) is 41.3 Å². The van der Waals surface area contributed by atoms with Crippen molar-refractivity contribution in [3.05, 3.63) is 53.5 Å². The van der Waals surface area contributed by atoms with Crippen molar-refractivity contribution in [2.24, 2.45) is 0 Å². The van der Waals surface area contributed by atoms with Gasteiger partial charge in [0.25, 0.3) is 0 Å². The highest BCUT2D eigenvalue weighted by Crippen LogP contribution is 2.29. The molecule has 1 unspecified atom stereocenters. The summed E-state index contributed by atoms with van der Waals surface area (Å²) in [5.41, 5.74) is 4.51. The maximum absolute atomic E-state index is 12.4. The van der Waals surface area contributed by atoms with E-state index < -0.39 is 0 Å². The van der Waals surface area contributed by atoms with Crippen molar-refractivity contribution in [1.82, 2.24) is 20.2 Å². The highest BCUT2D eigenvalue weighted by molar-refractivity contribution is 5.91. The van der Waals surface area contributed by atoms with E-state index in [0.29, 0.717) is 18.1 Å². The number of amides is 1. The SMILES string of the molecule is COc1cccc(Nc2cc(C)nc(C3CCCN(CC(=O)Nc4nonc4C)C3)c2)c1. The van der Waals surface area contributed by atoms with Crippen LogP contribution >= 0.6 is 0 Å². The quantitative estimate of drug-likeness (QED) is 0.578. The molecule has 4 rings (SSSR count). The normalized spacial score (nSPS) is 16.5. The van der Waals surface area contributed by atoms with E-state index in [-0.39, 0.29) is 11.8 Å². The zero-order chi connectivity index (χ0) is 22.5. The van der Waals surface area contributed by atoms with Crippen LogP contribution in [0.4, 0.5) is 17.2 Å². The first-order valence-electron chi connectivity index (χ1n) is 10.7. The highest BCUT2D eigenvalue weighted by Gasteiger charge is 2.25. The van der Waals surface area contributed by atoms with Gasteiger partial charge in [0.2, 0.25) is 5.91 Å². The van der Waals surface area contributed by atoms with Gasteiger partial charge in [0.15, 0.2) is 5.82 Å². The van der Waals surface area contributed by atoms with Crippen LogP contribution in [-0.2, 0) is 4.79 Å². The van der Waals surface area contributed by atoms with E-state index in [0.717, 1.165) is 54.4 Å². The van der Waals surface area contributed by atoms with Crippen LogP contribution in [0.1, 0.15) is 35.8 Å². The van der Waals surface area contributed by atoms with E-state index in [9.17, 15) is 4.79 Å². The molecule has 2 aromatic heterocycles. The number of nitrogens with zero attached hydrogens (tertiary/aromatic N) is 4. The van der Waals surface area contributed by atoms with Gasteiger partial charge in [-0.15, -0.1) is 0 Å². The molecule has 1 aliphatic heterocycles. The maximum Gasteiger partial charge on any atom is 0.239 e. The topological polar surface area (TPSA) is 105 Å². The number of piperidine rings is 1. The number of nitrogens with one attached hydrogen (secondary N) is 2. The summed E-state index contributed by atoms with van der Waals surface area (Å²) in [7, 11) is 1.66. The number of carbonyl (C=O) groups excluding carboxylic acids is 1. The average molecular weight is 437 g/mol. The summed E-state index contributed by atoms with van der Waals surface area (Å²) in [5.74, 6) is 1.32. The smallest absolute Gasteiger partial charge is 0.239 e. The molecular formula is C23H28N6O3. The Morgan fingerprint density at radius 2 is 2.09 bits per heavy atom. The van der Waals surface area contributed by atoms with Crippen molar-refractivity contribution in [1.29, 1.82) is 0 Å². The second-order valence-corrected chi connectivity index (χ2v) is 8.10. The van der Waals surface area contributed by atoms with E-state index >= 15 is 0 Å². The van der Waals surface area contributed by atoms with Gasteiger partial charge in [-0.25, -0.2) is 4.63 Å². The Labute approximate surface area is 187 Å². The summed E-state index contributed by atoms with van der Waals surface area (Å²) in [4.78, 5) is 19.4. The fourth-order valence-corrected chi connectivity index (χ4v) is 4.00. The number of methoxy groups -OCH3 is 1. The molecule has 1 amide bonds. The zero-order valence-electron chi connectivity index (χ0n) is 18.6. The van der Waals surface area contributed by atoms with Crippen molar-refractivity contribution >= 4 is 23.1 Å². The van der Waals surface area contributed by atoms with Crippen molar-refractivity contribution in [2.45, 2.75) is 32.6 Å². The van der Waals surface area contributed by atoms with Crippen LogP contribution in [0, 0.1) is 13.8 Å². The number of aromatic nitrogens is 3. The third-order valence-corrected chi connectivity index (χ3v) is 5.53. The van der Waals surface area contributed by atoms with Crippen LogP contribution in [-0.4, -0.2) is 52.8 Å². The molecule has 1 atom stereocenters. The first-order valence-corrected chi connectivity index (χ1v) is 10.7. The number of anilines is 3. The zero-order valence-corrected chi connectivity index (χ0v) is 18.6. The Balaban J connectivity index is 1.42. The van der Waals surface area contributed by atoms with Gasteiger partial charge in [0.05, 0.1) is 13.7 Å². The number of aryl methyl sites for hydroxylation is 2. The maximum atomic E-state index is 12.4. The molecule has 0 aliphatic carbocycles. The van der Waals surface area contributed by atoms with Crippen LogP contribution in [0.3, 0.4) is 0 Å². The number of benzene rings is 1. The molecule has 1 aromatic carbocycles. The number of hydrogen-bond donors (Lipinski definition) is 2. The Hall–Kier alpha value is -3.46. The van der Waals surface area contributed by atoms with E-state index in [1.165, 1.54) is 0 Å². The Kier molecular flexibility index (Phi) is 6.65. The first kappa shape index (κ1) is 21.8. The minimum atomic E-state index is -0.123. The molecule has 9 heteroatoms. The number of carbonyl (C=O) groups is 1. The standard InChI is InChI=1S/C23H28N6O3/c1-15-10-19(25-18-7-4-8-20(11-18)31-3)12-21(24-15)17-6-5-9-29(13-17)14-22(30)26-23-16(2)27-32-28-23/h4,7-8,10-12,17H,5-6,9,13-14H2,1-3H3,(H,24,25)(H,26,28,30). The van der Waals surface area contributed by atoms with E-state index in [1.807, 2.05) is 37.3 Å². The van der Waals surface area contributed by atoms with E-state index in [1.54, 1.807) is 14.0 Å². The molecule has 3 aromatic rings. The van der Waals surface area contributed by atoms with E-state index in [2.05, 4.69) is 36.5 Å². The van der Waals surface area contributed by atoms with Gasteiger partial charge in [-0.2, -0.15) is 0 Å². The molecule has 0 spiro atoms. The monoisotopic (exact) mass is 436 g/mol. The summed E-state index contributed by atoms with van der Waals surface area (Å²) >= 11 is 0. The van der Waals surface area contributed by atoms with Crippen LogP contribution < -0.4 is 15.4 Å². The molecule has 9 nitrogen and oxygen atoms in total. The van der Waals surface area contributed by atoms with Crippen LogP contribution in [0.2, 0.25) is 0 Å². The summed E-state index contributed by atoms with van der Waals surface area (Å²) in [6.45, 7) is 5.69. The van der Waals surface area contributed by atoms with Crippen LogP contribution in [0.15, 0.2) is 41.0 Å². The highest BCUT2D eigenvalue weighted by atomic mass is 16.6. The van der Waals surface area contributed by atoms with Crippen molar-refractivity contribution in [2.75, 3.05) is 37.4 Å². The lowest BCUT2D eigenvalue weighted by molar-refractivity contribution is -0.117. The predicted molar refractivity (Wildman–Crippen MR) is 121 cm³/mol. The van der Waals surface area contributed by atoms with Crippen molar-refractivity contribution < 1.29 is 14.2 Å². The summed E-state index contributed by atoms with van der Waals surface area (Å²) < 4.78 is 9.95. The third-order valence-electron chi connectivity index (χ3n) is 5.53. The molecule has 1 aliphatic rings. The van der Waals surface area contributed by atoms with Gasteiger partial charge in [-0.3, -0.25) is 14.7 Å². The lowest BCUT2D eigenvalue weighted by Gasteiger charge is -2.32. The molecule has 2 N–H and O–H groups in total. The third kappa shape index (κ3) is 5.42. The Morgan fingerprint density at radius 3 is 2.88 bits per heavy atom. The van der Waals surface area contributed by atoms with Crippen LogP contribution in [0.25, 0.3) is 0 Å². The largest absolute Gasteiger partial charge is 0.497 e. The molecule has 0 bridgehead atoms. The van der Waals surface area contributed by atoms with Crippen LogP contribution in [0.5, 0.6) is 5.75 Å². The lowest BCUT2D eigenvalue weighted by atomic mass is 9.93.